The lowest BCUT2D eigenvalue weighted by molar-refractivity contribution is -0.316. The van der Waals surface area contributed by atoms with Gasteiger partial charge in [0.25, 0.3) is 5.91 Å². The van der Waals surface area contributed by atoms with Crippen LogP contribution in [0.3, 0.4) is 0 Å². The molecule has 2 aliphatic rings. The summed E-state index contributed by atoms with van der Waals surface area (Å²) in [4.78, 5) is 42.0. The first kappa shape index (κ1) is 44.0. The van der Waals surface area contributed by atoms with Crippen molar-refractivity contribution in [2.75, 3.05) is 24.8 Å². The highest BCUT2D eigenvalue weighted by Crippen LogP contribution is 2.41. The minimum Gasteiger partial charge on any atom is -0.508 e. The number of rotatable bonds is 11. The second kappa shape index (κ2) is 19.3. The van der Waals surface area contributed by atoms with Crippen molar-refractivity contribution >= 4 is 50.5 Å². The highest BCUT2D eigenvalue weighted by Gasteiger charge is 2.59. The molecule has 0 saturated carbocycles. The van der Waals surface area contributed by atoms with Crippen LogP contribution < -0.4 is 21.2 Å². The fourth-order valence-electron chi connectivity index (χ4n) is 8.19. The second-order valence-corrected chi connectivity index (χ2v) is 17.8. The number of hydrogen-bond acceptors (Lipinski definition) is 13. The van der Waals surface area contributed by atoms with E-state index >= 15 is 0 Å². The summed E-state index contributed by atoms with van der Waals surface area (Å²) < 4.78 is 24.1. The predicted octanol–water partition coefficient (Wildman–Crippen LogP) is 5.90. The molecule has 4 heterocycles. The minimum absolute atomic E-state index is 0.00615. The molecule has 2 aliphatic heterocycles. The van der Waals surface area contributed by atoms with Crippen LogP contribution in [-0.2, 0) is 20.7 Å². The van der Waals surface area contributed by atoms with Gasteiger partial charge >= 0.3 is 5.97 Å². The van der Waals surface area contributed by atoms with E-state index in [1.807, 2.05) is 24.5 Å². The molecule has 14 nitrogen and oxygen atoms in total. The van der Waals surface area contributed by atoms with Gasteiger partial charge in [0, 0.05) is 30.8 Å². The lowest BCUT2D eigenvalue weighted by Crippen LogP contribution is -2.72. The Morgan fingerprint density at radius 1 is 1.10 bits per heavy atom. The summed E-state index contributed by atoms with van der Waals surface area (Å²) in [6.07, 6.45) is 3.12. The third kappa shape index (κ3) is 9.55. The third-order valence-electron chi connectivity index (χ3n) is 11.5. The summed E-state index contributed by atoms with van der Waals surface area (Å²) in [6, 6.07) is 20.1. The number of carbonyl (C=O) groups excluding carboxylic acids is 1. The van der Waals surface area contributed by atoms with Crippen molar-refractivity contribution in [3.63, 3.8) is 0 Å². The molecule has 1 amide bonds. The van der Waals surface area contributed by atoms with Crippen molar-refractivity contribution in [3.05, 3.63) is 124 Å². The number of benzene rings is 3. The van der Waals surface area contributed by atoms with Crippen molar-refractivity contribution in [3.8, 4) is 22.6 Å². The molecule has 322 valence electrons. The zero-order valence-electron chi connectivity index (χ0n) is 33.6. The number of aliphatic hydroxyl groups excluding tert-OH is 1. The molecule has 0 radical (unpaired) electrons. The number of aryl methyl sites for hydroxylation is 1. The van der Waals surface area contributed by atoms with E-state index in [1.54, 1.807) is 10.8 Å². The predicted molar refractivity (Wildman–Crippen MR) is 234 cm³/mol. The highest BCUT2D eigenvalue weighted by molar-refractivity contribution is 8.76. The molecule has 7 rings (SSSR count). The fourth-order valence-corrected chi connectivity index (χ4v) is 10.2. The van der Waals surface area contributed by atoms with E-state index in [-0.39, 0.29) is 58.3 Å². The summed E-state index contributed by atoms with van der Waals surface area (Å²) in [5, 5.41) is 47.4. The molecule has 8 N–H and O–H groups in total. The van der Waals surface area contributed by atoms with Crippen LogP contribution in [0, 0.1) is 11.8 Å². The molecule has 3 aromatic carbocycles. The Balaban J connectivity index is 1.20. The van der Waals surface area contributed by atoms with Crippen LogP contribution >= 0.6 is 21.6 Å². The number of fused-ring (bicyclic) bond motifs is 2. The van der Waals surface area contributed by atoms with Crippen LogP contribution in [0.25, 0.3) is 28.2 Å². The Morgan fingerprint density at radius 3 is 2.61 bits per heavy atom. The van der Waals surface area contributed by atoms with Crippen molar-refractivity contribution in [2.24, 2.45) is 17.6 Å². The van der Waals surface area contributed by atoms with Crippen molar-refractivity contribution < 1.29 is 48.6 Å². The average Bonchev–Trinajstić information content (AvgIpc) is 3.78. The maximum absolute atomic E-state index is 13.8. The van der Waals surface area contributed by atoms with Gasteiger partial charge in [-0.15, -0.1) is 0 Å². The van der Waals surface area contributed by atoms with E-state index in [4.69, 9.17) is 24.4 Å². The Bertz CT molecular complexity index is 2410. The van der Waals surface area contributed by atoms with Crippen molar-refractivity contribution in [1.29, 1.82) is 0 Å². The van der Waals surface area contributed by atoms with Gasteiger partial charge in [-0.1, -0.05) is 84.0 Å². The maximum atomic E-state index is 13.8. The van der Waals surface area contributed by atoms with Gasteiger partial charge in [-0.3, -0.25) is 9.59 Å². The number of aliphatic hydroxyl groups is 2. The van der Waals surface area contributed by atoms with E-state index in [9.17, 15) is 34.8 Å². The highest BCUT2D eigenvalue weighted by atomic mass is 33.1. The molecule has 2 fully saturated rings. The van der Waals surface area contributed by atoms with E-state index in [2.05, 4.69) is 54.5 Å². The summed E-state index contributed by atoms with van der Waals surface area (Å²) in [5.74, 6) is -1.98. The Kier molecular flexibility index (Phi) is 13.9. The van der Waals surface area contributed by atoms with Gasteiger partial charge in [-0.25, -0.2) is 4.79 Å². The SMILES string of the molecule is CCc1ccccc1/C=C/C[C@H](C)[C@H]1CNC[C@]2(O)[C@H](Oc3ccc4c(=O)c(-c5ccc(O)cc5)c(C(N)=O)oc4c3)O[C@H](C(=O)O)[C@@H](O)[C@@H]2OCSSC[C@H]1c1cc[nH]c1. The topological polar surface area (TPSA) is 227 Å². The van der Waals surface area contributed by atoms with Crippen LogP contribution in [0.1, 0.15) is 53.4 Å². The number of carboxylic acid groups (broad SMARTS) is 1. The van der Waals surface area contributed by atoms with Crippen LogP contribution in [0.4, 0.5) is 0 Å². The van der Waals surface area contributed by atoms with E-state index in [0.717, 1.165) is 24.2 Å². The summed E-state index contributed by atoms with van der Waals surface area (Å²) in [6.45, 7) is 4.52. The first-order valence-corrected chi connectivity index (χ1v) is 22.5. The number of carbonyl (C=O) groups is 2. The van der Waals surface area contributed by atoms with Gasteiger partial charge in [0.2, 0.25) is 17.5 Å². The molecular weight excluding hydrogens is 823 g/mol. The van der Waals surface area contributed by atoms with Crippen LogP contribution in [0.2, 0.25) is 0 Å². The Hall–Kier alpha value is -5.07. The molecule has 0 spiro atoms. The number of nitrogens with two attached hydrogens (primary N) is 1. The van der Waals surface area contributed by atoms with Crippen molar-refractivity contribution in [2.45, 2.75) is 62.8 Å². The van der Waals surface area contributed by atoms with Gasteiger partial charge in [-0.05, 0) is 89.7 Å². The number of aromatic hydroxyl groups is 1. The number of aromatic nitrogens is 1. The molecule has 5 aromatic rings. The van der Waals surface area contributed by atoms with E-state index in [1.165, 1.54) is 64.4 Å². The van der Waals surface area contributed by atoms with Crippen molar-refractivity contribution in [1.82, 2.24) is 10.3 Å². The van der Waals surface area contributed by atoms with Crippen LogP contribution in [0.5, 0.6) is 11.5 Å². The van der Waals surface area contributed by atoms with Crippen LogP contribution in [-0.4, -0.2) is 92.3 Å². The quantitative estimate of drug-likeness (QED) is 0.0768. The van der Waals surface area contributed by atoms with Crippen LogP contribution in [0.15, 0.2) is 100 Å². The number of amides is 1. The number of β-amino-alcohol motifs (C(OH)–C–C–N with tert-alkyl or cyclic N) is 1. The first-order valence-electron chi connectivity index (χ1n) is 20.0. The molecule has 8 atom stereocenters. The molecule has 2 saturated heterocycles. The number of nitrogens with one attached hydrogen (secondary N) is 2. The number of H-pyrrole nitrogens is 1. The normalized spacial score (nSPS) is 25.6. The number of hydrogen-bond donors (Lipinski definition) is 7. The largest absolute Gasteiger partial charge is 0.508 e. The molecule has 0 bridgehead atoms. The number of phenols is 1. The maximum Gasteiger partial charge on any atom is 0.335 e. The zero-order chi connectivity index (χ0) is 43.3. The van der Waals surface area contributed by atoms with Gasteiger partial charge in [-0.2, -0.15) is 0 Å². The monoisotopic (exact) mass is 871 g/mol. The lowest BCUT2D eigenvalue weighted by Gasteiger charge is -2.48. The van der Waals surface area contributed by atoms with Gasteiger partial charge in [0.05, 0.1) is 10.9 Å². The number of carboxylic acids is 1. The van der Waals surface area contributed by atoms with Gasteiger partial charge in [0.15, 0.2) is 11.7 Å². The standard InChI is InChI=1S/C45H49N3O11S2/c1-3-26-8-4-5-9-27(26)10-6-7-25(2)33-21-48-23-45(55)41(56-24-61-60-22-34(33)29-17-18-47-20-29)38(51)40(43(53)54)59-44(45)57-31-15-16-32-35(19-31)58-39(42(46)52)36(37(32)50)28-11-13-30(49)14-12-28/h4-6,8-20,25,33-34,38,40-41,44,47-49,51,55H,3,7,21-24H2,1-2H3,(H2,46,52)(H,53,54)/b10-6+/t25-,33+,34-,38+,40-,41-,44+,45+/m0/s1. The number of ether oxygens (including phenoxy) is 3. The molecule has 61 heavy (non-hydrogen) atoms. The fraction of sp³-hybridized carbons (Fsp3) is 0.356. The second-order valence-electron chi connectivity index (χ2n) is 15.4. The Morgan fingerprint density at radius 2 is 1.89 bits per heavy atom. The smallest absolute Gasteiger partial charge is 0.335 e. The summed E-state index contributed by atoms with van der Waals surface area (Å²) >= 11 is 0. The minimum atomic E-state index is -2.17. The summed E-state index contributed by atoms with van der Waals surface area (Å²) in [7, 11) is 2.97. The lowest BCUT2D eigenvalue weighted by atomic mass is 9.78. The first-order chi connectivity index (χ1) is 29.4. The molecular formula is C45H49N3O11S2. The zero-order valence-corrected chi connectivity index (χ0v) is 35.2. The van der Waals surface area contributed by atoms with Gasteiger partial charge < -0.3 is 55.1 Å². The Labute approximate surface area is 359 Å². The average molecular weight is 872 g/mol. The van der Waals surface area contributed by atoms with E-state index in [0.29, 0.717) is 12.1 Å². The summed E-state index contributed by atoms with van der Waals surface area (Å²) in [5.41, 5.74) is 6.60. The number of aliphatic carboxylic acids is 1. The number of phenolic OH excluding ortho intramolecular Hbond substituents is 1. The van der Waals surface area contributed by atoms with Gasteiger partial charge in [0.1, 0.15) is 35.2 Å². The molecule has 2 aromatic heterocycles. The number of primary amides is 1. The van der Waals surface area contributed by atoms with E-state index < -0.39 is 53.3 Å². The molecule has 16 heteroatoms. The number of allylic oxidation sites excluding steroid dienone is 1. The molecule has 0 unspecified atom stereocenters. The molecule has 0 aliphatic carbocycles. The number of aromatic amines is 1. The third-order valence-corrected chi connectivity index (χ3v) is 13.6.